The Morgan fingerprint density at radius 3 is 2.65 bits per heavy atom. The van der Waals surface area contributed by atoms with Gasteiger partial charge in [-0.05, 0) is 37.3 Å². The first-order valence-electron chi connectivity index (χ1n) is 11.2. The summed E-state index contributed by atoms with van der Waals surface area (Å²) in [5.41, 5.74) is 0.683. The van der Waals surface area contributed by atoms with Crippen LogP contribution >= 0.6 is 0 Å². The number of amides is 3. The lowest BCUT2D eigenvalue weighted by Crippen LogP contribution is -2.51. The number of hydrogen-bond donors (Lipinski definition) is 2. The molecule has 0 spiro atoms. The number of rotatable bonds is 7. The number of fused-ring (bicyclic) bond motifs is 1. The predicted molar refractivity (Wildman–Crippen MR) is 115 cm³/mol. The molecule has 2 N–H and O–H groups in total. The van der Waals surface area contributed by atoms with Crippen molar-refractivity contribution in [1.82, 2.24) is 10.6 Å². The van der Waals surface area contributed by atoms with Crippen LogP contribution in [0.25, 0.3) is 0 Å². The molecule has 2 fully saturated rings. The third-order valence-corrected chi connectivity index (χ3v) is 6.21. The monoisotopic (exact) mass is 429 g/mol. The van der Waals surface area contributed by atoms with E-state index in [2.05, 4.69) is 10.6 Å². The van der Waals surface area contributed by atoms with Gasteiger partial charge in [-0.3, -0.25) is 14.4 Å². The number of anilines is 1. The molecule has 2 atom stereocenters. The minimum absolute atomic E-state index is 0.116. The van der Waals surface area contributed by atoms with Crippen LogP contribution in [0.5, 0.6) is 11.5 Å². The number of carbonyl (C=O) groups excluding carboxylic acids is 3. The highest BCUT2D eigenvalue weighted by molar-refractivity contribution is 6.01. The average Bonchev–Trinajstić information content (AvgIpc) is 3.47. The third-order valence-electron chi connectivity index (χ3n) is 6.21. The molecule has 3 amide bonds. The van der Waals surface area contributed by atoms with E-state index in [1.54, 1.807) is 23.1 Å². The van der Waals surface area contributed by atoms with E-state index in [0.717, 1.165) is 25.7 Å². The van der Waals surface area contributed by atoms with Gasteiger partial charge in [0.2, 0.25) is 24.5 Å². The SMILES string of the molecule is CC(C)C[C@H](NC(=O)C1CC(=O)N(c2ccc3c(c2)OCO3)C1)C(=O)NC1CCCC1. The fourth-order valence-electron chi connectivity index (χ4n) is 4.55. The van der Waals surface area contributed by atoms with Crippen molar-refractivity contribution in [2.24, 2.45) is 11.8 Å². The smallest absolute Gasteiger partial charge is 0.242 e. The minimum atomic E-state index is -0.581. The standard InChI is InChI=1S/C23H31N3O5/c1-14(2)9-18(23(29)24-16-5-3-4-6-16)25-22(28)15-10-21(27)26(12-15)17-7-8-19-20(11-17)31-13-30-19/h7-8,11,14-16,18H,3-6,9-10,12-13H2,1-2H3,(H,24,29)(H,25,28)/t15?,18-/m0/s1. The summed E-state index contributed by atoms with van der Waals surface area (Å²) in [6.45, 7) is 4.51. The van der Waals surface area contributed by atoms with Crippen LogP contribution in [0.3, 0.4) is 0 Å². The number of nitrogens with zero attached hydrogens (tertiary/aromatic N) is 1. The highest BCUT2D eigenvalue weighted by Gasteiger charge is 2.37. The van der Waals surface area contributed by atoms with E-state index in [1.165, 1.54) is 0 Å². The fourth-order valence-corrected chi connectivity index (χ4v) is 4.55. The van der Waals surface area contributed by atoms with Crippen LogP contribution in [0, 0.1) is 11.8 Å². The molecule has 0 aromatic heterocycles. The number of carbonyl (C=O) groups is 3. The Morgan fingerprint density at radius 2 is 1.90 bits per heavy atom. The molecule has 1 unspecified atom stereocenters. The van der Waals surface area contributed by atoms with Crippen LogP contribution in [0.2, 0.25) is 0 Å². The summed E-state index contributed by atoms with van der Waals surface area (Å²) < 4.78 is 10.7. The number of hydrogen-bond acceptors (Lipinski definition) is 5. The highest BCUT2D eigenvalue weighted by Crippen LogP contribution is 2.37. The van der Waals surface area contributed by atoms with Gasteiger partial charge in [0.05, 0.1) is 5.92 Å². The second-order valence-electron chi connectivity index (χ2n) is 9.12. The van der Waals surface area contributed by atoms with Crippen molar-refractivity contribution in [2.45, 2.75) is 64.5 Å². The van der Waals surface area contributed by atoms with E-state index in [9.17, 15) is 14.4 Å². The van der Waals surface area contributed by atoms with Gasteiger partial charge in [0.15, 0.2) is 11.5 Å². The molecule has 8 nitrogen and oxygen atoms in total. The lowest BCUT2D eigenvalue weighted by Gasteiger charge is -2.24. The minimum Gasteiger partial charge on any atom is -0.454 e. The maximum absolute atomic E-state index is 13.0. The Kier molecular flexibility index (Phi) is 6.34. The largest absolute Gasteiger partial charge is 0.454 e. The molecule has 0 bridgehead atoms. The average molecular weight is 430 g/mol. The summed E-state index contributed by atoms with van der Waals surface area (Å²) in [4.78, 5) is 40.0. The van der Waals surface area contributed by atoms with E-state index in [4.69, 9.17) is 9.47 Å². The summed E-state index contributed by atoms with van der Waals surface area (Å²) >= 11 is 0. The summed E-state index contributed by atoms with van der Waals surface area (Å²) in [7, 11) is 0. The molecule has 31 heavy (non-hydrogen) atoms. The summed E-state index contributed by atoms with van der Waals surface area (Å²) in [6, 6.07) is 4.94. The van der Waals surface area contributed by atoms with Crippen molar-refractivity contribution in [2.75, 3.05) is 18.2 Å². The van der Waals surface area contributed by atoms with Gasteiger partial charge in [-0.15, -0.1) is 0 Å². The number of nitrogens with one attached hydrogen (secondary N) is 2. The first kappa shape index (κ1) is 21.5. The molecular weight excluding hydrogens is 398 g/mol. The normalized spacial score (nSPS) is 21.6. The fraction of sp³-hybridized carbons (Fsp3) is 0.609. The van der Waals surface area contributed by atoms with Crippen molar-refractivity contribution in [3.63, 3.8) is 0 Å². The van der Waals surface area contributed by atoms with Crippen LogP contribution in [0.15, 0.2) is 18.2 Å². The van der Waals surface area contributed by atoms with Gasteiger partial charge in [0, 0.05) is 30.8 Å². The van der Waals surface area contributed by atoms with Crippen LogP contribution in [0.1, 0.15) is 52.4 Å². The number of benzene rings is 1. The zero-order valence-electron chi connectivity index (χ0n) is 18.2. The molecule has 1 aromatic rings. The van der Waals surface area contributed by atoms with Crippen molar-refractivity contribution in [3.8, 4) is 11.5 Å². The quantitative estimate of drug-likeness (QED) is 0.694. The topological polar surface area (TPSA) is 97.0 Å². The maximum atomic E-state index is 13.0. The Hall–Kier alpha value is -2.77. The van der Waals surface area contributed by atoms with Gasteiger partial charge in [-0.2, -0.15) is 0 Å². The van der Waals surface area contributed by atoms with E-state index in [1.807, 2.05) is 13.8 Å². The van der Waals surface area contributed by atoms with Crippen LogP contribution in [0.4, 0.5) is 5.69 Å². The van der Waals surface area contributed by atoms with Gasteiger partial charge in [0.25, 0.3) is 0 Å². The third kappa shape index (κ3) is 4.94. The molecule has 1 saturated carbocycles. The van der Waals surface area contributed by atoms with E-state index in [0.29, 0.717) is 23.6 Å². The van der Waals surface area contributed by atoms with E-state index >= 15 is 0 Å². The zero-order valence-corrected chi connectivity index (χ0v) is 18.2. The van der Waals surface area contributed by atoms with E-state index < -0.39 is 12.0 Å². The Morgan fingerprint density at radius 1 is 1.16 bits per heavy atom. The first-order chi connectivity index (χ1) is 14.9. The van der Waals surface area contributed by atoms with Crippen molar-refractivity contribution < 1.29 is 23.9 Å². The van der Waals surface area contributed by atoms with Gasteiger partial charge in [0.1, 0.15) is 6.04 Å². The summed E-state index contributed by atoms with van der Waals surface area (Å²) in [5.74, 6) is 0.527. The molecule has 1 saturated heterocycles. The Balaban J connectivity index is 1.39. The van der Waals surface area contributed by atoms with Crippen molar-refractivity contribution in [3.05, 3.63) is 18.2 Å². The summed E-state index contributed by atoms with van der Waals surface area (Å²) in [5, 5.41) is 6.01. The molecule has 168 valence electrons. The highest BCUT2D eigenvalue weighted by atomic mass is 16.7. The molecule has 3 aliphatic rings. The van der Waals surface area contributed by atoms with Crippen LogP contribution in [-0.2, 0) is 14.4 Å². The second kappa shape index (κ2) is 9.16. The molecule has 2 aliphatic heterocycles. The molecule has 0 radical (unpaired) electrons. The van der Waals surface area contributed by atoms with Crippen LogP contribution < -0.4 is 25.0 Å². The molecular formula is C23H31N3O5. The molecule has 1 aliphatic carbocycles. The van der Waals surface area contributed by atoms with Gasteiger partial charge >= 0.3 is 0 Å². The zero-order chi connectivity index (χ0) is 22.0. The molecule has 4 rings (SSSR count). The van der Waals surface area contributed by atoms with Gasteiger partial charge in [-0.1, -0.05) is 26.7 Å². The maximum Gasteiger partial charge on any atom is 0.242 e. The van der Waals surface area contributed by atoms with Crippen molar-refractivity contribution >= 4 is 23.4 Å². The second-order valence-corrected chi connectivity index (χ2v) is 9.12. The predicted octanol–water partition coefficient (Wildman–Crippen LogP) is 2.36. The Labute approximate surface area is 182 Å². The first-order valence-corrected chi connectivity index (χ1v) is 11.2. The van der Waals surface area contributed by atoms with Gasteiger partial charge in [-0.25, -0.2) is 0 Å². The van der Waals surface area contributed by atoms with Crippen molar-refractivity contribution in [1.29, 1.82) is 0 Å². The lowest BCUT2D eigenvalue weighted by atomic mass is 10.0. The molecule has 1 aromatic carbocycles. The Bertz CT molecular complexity index is 850. The van der Waals surface area contributed by atoms with Crippen LogP contribution in [-0.4, -0.2) is 43.1 Å². The van der Waals surface area contributed by atoms with Gasteiger partial charge < -0.3 is 25.0 Å². The molecule has 2 heterocycles. The molecule has 8 heteroatoms. The van der Waals surface area contributed by atoms with E-state index in [-0.39, 0.29) is 49.4 Å². The number of ether oxygens (including phenoxy) is 2. The summed E-state index contributed by atoms with van der Waals surface area (Å²) in [6.07, 6.45) is 4.94. The lowest BCUT2D eigenvalue weighted by molar-refractivity contribution is -0.132.